The van der Waals surface area contributed by atoms with E-state index in [1.165, 1.54) is 0 Å². The first kappa shape index (κ1) is 25.4. The molecule has 0 saturated heterocycles. The smallest absolute Gasteiger partial charge is 0.225 e. The average Bonchev–Trinajstić information content (AvgIpc) is 2.84. The molecule has 0 aliphatic heterocycles. The second-order valence-corrected chi connectivity index (χ2v) is 11.6. The maximum atomic E-state index is 13.3. The molecule has 0 heterocycles. The van der Waals surface area contributed by atoms with Crippen molar-refractivity contribution < 1.29 is 9.59 Å². The maximum Gasteiger partial charge on any atom is 0.225 e. The molecule has 0 aliphatic rings. The van der Waals surface area contributed by atoms with Crippen LogP contribution in [0.2, 0.25) is 0 Å². The average molecular weight is 481 g/mol. The van der Waals surface area contributed by atoms with Crippen LogP contribution in [0.4, 0.5) is 0 Å². The number of rotatable bonds is 5. The Bertz CT molecular complexity index is 1300. The molecular formula is C32H36N2O2. The zero-order valence-corrected chi connectivity index (χ0v) is 22.1. The third kappa shape index (κ3) is 5.59. The van der Waals surface area contributed by atoms with E-state index in [1.54, 1.807) is 0 Å². The van der Waals surface area contributed by atoms with E-state index in [9.17, 15) is 9.59 Å². The van der Waals surface area contributed by atoms with Crippen LogP contribution >= 0.6 is 0 Å². The summed E-state index contributed by atoms with van der Waals surface area (Å²) in [5, 5.41) is 11.0. The molecule has 2 N–H and O–H groups in total. The third-order valence-corrected chi connectivity index (χ3v) is 6.53. The summed E-state index contributed by atoms with van der Waals surface area (Å²) in [6.45, 7) is 11.4. The highest BCUT2D eigenvalue weighted by Gasteiger charge is 2.34. The van der Waals surface area contributed by atoms with E-state index in [0.717, 1.165) is 32.7 Å². The van der Waals surface area contributed by atoms with Crippen LogP contribution in [0.3, 0.4) is 0 Å². The molecule has 4 rings (SSSR count). The van der Waals surface area contributed by atoms with Crippen LogP contribution < -0.4 is 10.6 Å². The SMILES string of the molecule is CC(C)(C)C(=O)N[C@H](c1ccc2ccccc2c1)[C@@H](NC(=O)C(C)(C)C)c1ccc2ccccc2c1. The number of benzene rings is 4. The summed E-state index contributed by atoms with van der Waals surface area (Å²) in [6.07, 6.45) is 0. The third-order valence-electron chi connectivity index (χ3n) is 6.53. The molecule has 0 aromatic heterocycles. The topological polar surface area (TPSA) is 58.2 Å². The Morgan fingerprint density at radius 1 is 0.528 bits per heavy atom. The minimum Gasteiger partial charge on any atom is -0.346 e. The van der Waals surface area contributed by atoms with Crippen molar-refractivity contribution in [3.05, 3.63) is 96.1 Å². The Morgan fingerprint density at radius 2 is 0.861 bits per heavy atom. The predicted octanol–water partition coefficient (Wildman–Crippen LogP) is 7.10. The highest BCUT2D eigenvalue weighted by Crippen LogP contribution is 2.34. The van der Waals surface area contributed by atoms with E-state index >= 15 is 0 Å². The zero-order chi connectivity index (χ0) is 26.1. The molecule has 4 nitrogen and oxygen atoms in total. The van der Waals surface area contributed by atoms with Gasteiger partial charge in [0, 0.05) is 10.8 Å². The van der Waals surface area contributed by atoms with Gasteiger partial charge in [0.25, 0.3) is 0 Å². The Balaban J connectivity index is 1.88. The molecule has 4 aromatic carbocycles. The fraction of sp³-hybridized carbons (Fsp3) is 0.312. The van der Waals surface area contributed by atoms with Gasteiger partial charge >= 0.3 is 0 Å². The van der Waals surface area contributed by atoms with Crippen LogP contribution in [0.25, 0.3) is 21.5 Å². The highest BCUT2D eigenvalue weighted by atomic mass is 16.2. The molecule has 0 radical (unpaired) electrons. The molecule has 2 amide bonds. The van der Waals surface area contributed by atoms with Gasteiger partial charge in [-0.05, 0) is 44.8 Å². The van der Waals surface area contributed by atoms with Gasteiger partial charge in [-0.2, -0.15) is 0 Å². The lowest BCUT2D eigenvalue weighted by Gasteiger charge is -2.34. The number of carbonyl (C=O) groups excluding carboxylic acids is 2. The van der Waals surface area contributed by atoms with Gasteiger partial charge in [0.15, 0.2) is 0 Å². The number of nitrogens with one attached hydrogen (secondary N) is 2. The van der Waals surface area contributed by atoms with E-state index in [2.05, 4.69) is 59.2 Å². The van der Waals surface area contributed by atoms with Crippen LogP contribution in [-0.4, -0.2) is 11.8 Å². The predicted molar refractivity (Wildman–Crippen MR) is 149 cm³/mol. The lowest BCUT2D eigenvalue weighted by molar-refractivity contribution is -0.132. The van der Waals surface area contributed by atoms with Gasteiger partial charge in [-0.1, -0.05) is 114 Å². The fourth-order valence-corrected chi connectivity index (χ4v) is 4.24. The van der Waals surface area contributed by atoms with Crippen molar-refractivity contribution >= 4 is 33.4 Å². The van der Waals surface area contributed by atoms with Gasteiger partial charge in [0.1, 0.15) is 0 Å². The molecule has 0 fully saturated rings. The van der Waals surface area contributed by atoms with E-state index in [-0.39, 0.29) is 11.8 Å². The monoisotopic (exact) mass is 480 g/mol. The van der Waals surface area contributed by atoms with Gasteiger partial charge in [0.2, 0.25) is 11.8 Å². The summed E-state index contributed by atoms with van der Waals surface area (Å²) in [5.41, 5.74) is 0.714. The Hall–Kier alpha value is -3.66. The van der Waals surface area contributed by atoms with Crippen LogP contribution in [0.5, 0.6) is 0 Å². The molecule has 4 heteroatoms. The van der Waals surface area contributed by atoms with Crippen LogP contribution in [0.15, 0.2) is 84.9 Å². The van der Waals surface area contributed by atoms with Crippen molar-refractivity contribution in [3.63, 3.8) is 0 Å². The first-order valence-corrected chi connectivity index (χ1v) is 12.5. The molecule has 4 aromatic rings. The molecule has 186 valence electrons. The summed E-state index contributed by atoms with van der Waals surface area (Å²) in [4.78, 5) is 26.6. The van der Waals surface area contributed by atoms with Crippen molar-refractivity contribution in [1.29, 1.82) is 0 Å². The molecule has 0 spiro atoms. The zero-order valence-electron chi connectivity index (χ0n) is 22.1. The van der Waals surface area contributed by atoms with E-state index in [4.69, 9.17) is 0 Å². The number of fused-ring (bicyclic) bond motifs is 2. The van der Waals surface area contributed by atoms with Gasteiger partial charge in [-0.25, -0.2) is 0 Å². The Morgan fingerprint density at radius 3 is 1.19 bits per heavy atom. The van der Waals surface area contributed by atoms with Crippen molar-refractivity contribution in [2.24, 2.45) is 10.8 Å². The molecule has 0 aliphatic carbocycles. The van der Waals surface area contributed by atoms with Gasteiger partial charge in [0.05, 0.1) is 12.1 Å². The van der Waals surface area contributed by atoms with Gasteiger partial charge in [-0.3, -0.25) is 9.59 Å². The summed E-state index contributed by atoms with van der Waals surface area (Å²) in [7, 11) is 0. The first-order valence-electron chi connectivity index (χ1n) is 12.5. The number of hydrogen-bond acceptors (Lipinski definition) is 2. The van der Waals surface area contributed by atoms with Crippen LogP contribution in [-0.2, 0) is 9.59 Å². The number of amides is 2. The normalized spacial score (nSPS) is 13.8. The van der Waals surface area contributed by atoms with Crippen molar-refractivity contribution in [3.8, 4) is 0 Å². The lowest BCUT2D eigenvalue weighted by Crippen LogP contribution is -2.46. The molecule has 0 unspecified atom stereocenters. The molecule has 2 atom stereocenters. The molecule has 0 bridgehead atoms. The summed E-state index contributed by atoms with van der Waals surface area (Å²) < 4.78 is 0. The maximum absolute atomic E-state index is 13.3. The van der Waals surface area contributed by atoms with Crippen molar-refractivity contribution in [2.75, 3.05) is 0 Å². The van der Waals surface area contributed by atoms with E-state index < -0.39 is 22.9 Å². The highest BCUT2D eigenvalue weighted by molar-refractivity contribution is 5.86. The van der Waals surface area contributed by atoms with Crippen LogP contribution in [0, 0.1) is 10.8 Å². The standard InChI is InChI=1S/C32H36N2O2/c1-31(2,3)29(35)33-27(25-17-15-21-11-7-9-13-23(21)19-25)28(34-30(36)32(4,5)6)26-18-16-22-12-8-10-14-24(22)20-26/h7-20,27-28H,1-6H3,(H,33,35)(H,34,36)/t27-,28+. The van der Waals surface area contributed by atoms with Crippen LogP contribution in [0.1, 0.15) is 64.8 Å². The minimum absolute atomic E-state index is 0.0727. The summed E-state index contributed by atoms with van der Waals surface area (Å²) in [5.74, 6) is -0.145. The van der Waals surface area contributed by atoms with E-state index in [0.29, 0.717) is 0 Å². The minimum atomic E-state index is -0.586. The second kappa shape index (κ2) is 9.77. The first-order chi connectivity index (χ1) is 16.9. The molecular weight excluding hydrogens is 444 g/mol. The van der Waals surface area contributed by atoms with Crippen molar-refractivity contribution in [2.45, 2.75) is 53.6 Å². The fourth-order valence-electron chi connectivity index (χ4n) is 4.24. The number of hydrogen-bond donors (Lipinski definition) is 2. The molecule has 36 heavy (non-hydrogen) atoms. The van der Waals surface area contributed by atoms with Gasteiger partial charge in [-0.15, -0.1) is 0 Å². The number of carbonyl (C=O) groups is 2. The lowest BCUT2D eigenvalue weighted by atomic mass is 9.87. The second-order valence-electron chi connectivity index (χ2n) is 11.6. The Kier molecular flexibility index (Phi) is 6.90. The molecule has 0 saturated carbocycles. The van der Waals surface area contributed by atoms with Gasteiger partial charge < -0.3 is 10.6 Å². The largest absolute Gasteiger partial charge is 0.346 e. The van der Waals surface area contributed by atoms with E-state index in [1.807, 2.05) is 77.9 Å². The quantitative estimate of drug-likeness (QED) is 0.320. The Labute approximate surface area is 214 Å². The summed E-state index contributed by atoms with van der Waals surface area (Å²) >= 11 is 0. The summed E-state index contributed by atoms with van der Waals surface area (Å²) in [6, 6.07) is 27.9. The van der Waals surface area contributed by atoms with Crippen molar-refractivity contribution in [1.82, 2.24) is 10.6 Å².